The molecular formula is C21H17IN2O2. The van der Waals surface area contributed by atoms with E-state index in [4.69, 9.17) is 0 Å². The van der Waals surface area contributed by atoms with Gasteiger partial charge in [0.25, 0.3) is 5.91 Å². The van der Waals surface area contributed by atoms with Gasteiger partial charge in [-0.1, -0.05) is 78.9 Å². The minimum absolute atomic E-state index is 0.480. The molecule has 0 bridgehead atoms. The third-order valence-electron chi connectivity index (χ3n) is 3.99. The maximum absolute atomic E-state index is 12.9. The largest absolute Gasteiger partial charge is 0.372 e. The van der Waals surface area contributed by atoms with Crippen LogP contribution in [-0.2, 0) is 10.4 Å². The summed E-state index contributed by atoms with van der Waals surface area (Å²) in [5.41, 5.74) is 2.49. The highest BCUT2D eigenvalue weighted by molar-refractivity contribution is 14.1. The van der Waals surface area contributed by atoms with E-state index in [-0.39, 0.29) is 0 Å². The van der Waals surface area contributed by atoms with Crippen LogP contribution in [0.3, 0.4) is 0 Å². The molecule has 0 atom stereocenters. The lowest BCUT2D eigenvalue weighted by Crippen LogP contribution is -2.43. The number of amides is 1. The first kappa shape index (κ1) is 18.3. The molecule has 3 rings (SSSR count). The maximum Gasteiger partial charge on any atom is 0.281 e. The molecule has 0 radical (unpaired) electrons. The Kier molecular flexibility index (Phi) is 5.80. The standard InChI is InChI=1S/C21H17IN2O2/c22-19-14-8-7-9-16(19)15-23-24-20(25)21(26,17-10-3-1-4-11-17)18-12-5-2-6-13-18/h1-15,26H,(H,24,25). The Hall–Kier alpha value is -2.51. The number of benzene rings is 3. The summed E-state index contributed by atoms with van der Waals surface area (Å²) in [5, 5.41) is 15.3. The molecule has 0 saturated carbocycles. The second-order valence-electron chi connectivity index (χ2n) is 5.66. The summed E-state index contributed by atoms with van der Waals surface area (Å²) in [6.45, 7) is 0. The monoisotopic (exact) mass is 456 g/mol. The molecule has 0 fully saturated rings. The van der Waals surface area contributed by atoms with Crippen molar-refractivity contribution in [3.8, 4) is 0 Å². The molecule has 3 aromatic carbocycles. The van der Waals surface area contributed by atoms with Crippen molar-refractivity contribution in [1.82, 2.24) is 5.43 Å². The van der Waals surface area contributed by atoms with Gasteiger partial charge in [0.1, 0.15) is 0 Å². The van der Waals surface area contributed by atoms with Gasteiger partial charge in [-0.15, -0.1) is 0 Å². The molecule has 4 nitrogen and oxygen atoms in total. The van der Waals surface area contributed by atoms with E-state index in [1.165, 1.54) is 0 Å². The van der Waals surface area contributed by atoms with E-state index in [1.807, 2.05) is 36.4 Å². The Bertz CT molecular complexity index is 872. The normalized spacial score (nSPS) is 11.5. The number of carbonyl (C=O) groups is 1. The molecule has 0 aliphatic carbocycles. The van der Waals surface area contributed by atoms with Gasteiger partial charge in [0.05, 0.1) is 6.21 Å². The van der Waals surface area contributed by atoms with Gasteiger partial charge in [0, 0.05) is 9.13 Å². The molecule has 0 saturated heterocycles. The van der Waals surface area contributed by atoms with Gasteiger partial charge in [-0.25, -0.2) is 5.43 Å². The lowest BCUT2D eigenvalue weighted by atomic mass is 9.85. The van der Waals surface area contributed by atoms with E-state index in [0.717, 1.165) is 9.13 Å². The molecule has 0 aromatic heterocycles. The van der Waals surface area contributed by atoms with Gasteiger partial charge in [0.2, 0.25) is 0 Å². The smallest absolute Gasteiger partial charge is 0.281 e. The molecule has 5 heteroatoms. The van der Waals surface area contributed by atoms with Crippen molar-refractivity contribution in [1.29, 1.82) is 0 Å². The highest BCUT2D eigenvalue weighted by Crippen LogP contribution is 2.29. The van der Waals surface area contributed by atoms with Gasteiger partial charge in [0.15, 0.2) is 5.60 Å². The molecule has 0 aliphatic rings. The number of carbonyl (C=O) groups excluding carboxylic acids is 1. The summed E-state index contributed by atoms with van der Waals surface area (Å²) in [6, 6.07) is 25.4. The van der Waals surface area contributed by atoms with Crippen molar-refractivity contribution in [2.45, 2.75) is 5.60 Å². The van der Waals surface area contributed by atoms with Crippen LogP contribution in [0.25, 0.3) is 0 Å². The molecule has 0 unspecified atom stereocenters. The van der Waals surface area contributed by atoms with Crippen molar-refractivity contribution in [3.05, 3.63) is 105 Å². The van der Waals surface area contributed by atoms with Crippen molar-refractivity contribution in [3.63, 3.8) is 0 Å². The van der Waals surface area contributed by atoms with E-state index in [1.54, 1.807) is 54.7 Å². The number of hydrogen-bond donors (Lipinski definition) is 2. The zero-order valence-corrected chi connectivity index (χ0v) is 16.0. The first-order valence-corrected chi connectivity index (χ1v) is 9.11. The highest BCUT2D eigenvalue weighted by Gasteiger charge is 2.39. The Balaban J connectivity index is 1.90. The molecule has 0 spiro atoms. The number of rotatable bonds is 5. The topological polar surface area (TPSA) is 61.7 Å². The fraction of sp³-hybridized carbons (Fsp3) is 0.0476. The lowest BCUT2D eigenvalue weighted by molar-refractivity contribution is -0.136. The van der Waals surface area contributed by atoms with E-state index in [9.17, 15) is 9.90 Å². The van der Waals surface area contributed by atoms with Crippen LogP contribution in [0, 0.1) is 3.57 Å². The van der Waals surface area contributed by atoms with Crippen molar-refractivity contribution >= 4 is 34.7 Å². The van der Waals surface area contributed by atoms with Crippen LogP contribution < -0.4 is 5.43 Å². The number of hydrazone groups is 1. The summed E-state index contributed by atoms with van der Waals surface area (Å²) in [7, 11) is 0. The zero-order chi connectivity index (χ0) is 18.4. The van der Waals surface area contributed by atoms with Crippen LogP contribution in [0.2, 0.25) is 0 Å². The average Bonchev–Trinajstić information content (AvgIpc) is 2.70. The highest BCUT2D eigenvalue weighted by atomic mass is 127. The summed E-state index contributed by atoms with van der Waals surface area (Å²) in [4.78, 5) is 12.9. The Morgan fingerprint density at radius 3 is 1.92 bits per heavy atom. The summed E-state index contributed by atoms with van der Waals surface area (Å²) in [6.07, 6.45) is 1.57. The summed E-state index contributed by atoms with van der Waals surface area (Å²) >= 11 is 2.20. The first-order chi connectivity index (χ1) is 12.6. The molecule has 26 heavy (non-hydrogen) atoms. The second-order valence-corrected chi connectivity index (χ2v) is 6.83. The number of aliphatic hydroxyl groups is 1. The fourth-order valence-corrected chi connectivity index (χ4v) is 3.14. The number of nitrogens with zero attached hydrogens (tertiary/aromatic N) is 1. The number of nitrogens with one attached hydrogen (secondary N) is 1. The lowest BCUT2D eigenvalue weighted by Gasteiger charge is -2.27. The minimum Gasteiger partial charge on any atom is -0.372 e. The SMILES string of the molecule is O=C(NN=Cc1ccccc1I)C(O)(c1ccccc1)c1ccccc1. The Morgan fingerprint density at radius 2 is 1.38 bits per heavy atom. The van der Waals surface area contributed by atoms with Gasteiger partial charge in [-0.3, -0.25) is 4.79 Å². The van der Waals surface area contributed by atoms with Crippen LogP contribution in [0.5, 0.6) is 0 Å². The average molecular weight is 456 g/mol. The number of hydrogen-bond acceptors (Lipinski definition) is 3. The predicted octanol–water partition coefficient (Wildman–Crippen LogP) is 3.68. The molecule has 0 heterocycles. The van der Waals surface area contributed by atoms with Crippen LogP contribution in [0.4, 0.5) is 0 Å². The van der Waals surface area contributed by atoms with E-state index in [2.05, 4.69) is 33.1 Å². The zero-order valence-electron chi connectivity index (χ0n) is 13.8. The summed E-state index contributed by atoms with van der Waals surface area (Å²) in [5.74, 6) is -0.614. The number of halogens is 1. The summed E-state index contributed by atoms with van der Waals surface area (Å²) < 4.78 is 1.02. The van der Waals surface area contributed by atoms with Gasteiger partial charge in [-0.2, -0.15) is 5.10 Å². The maximum atomic E-state index is 12.9. The van der Waals surface area contributed by atoms with Crippen LogP contribution in [-0.4, -0.2) is 17.2 Å². The Labute approximate surface area is 165 Å². The second kappa shape index (κ2) is 8.25. The van der Waals surface area contributed by atoms with E-state index in [0.29, 0.717) is 11.1 Å². The van der Waals surface area contributed by atoms with Crippen LogP contribution in [0.1, 0.15) is 16.7 Å². The molecular weight excluding hydrogens is 439 g/mol. The molecule has 130 valence electrons. The minimum atomic E-state index is -1.83. The third-order valence-corrected chi connectivity index (χ3v) is 4.97. The van der Waals surface area contributed by atoms with Crippen LogP contribution in [0.15, 0.2) is 90.0 Å². The van der Waals surface area contributed by atoms with Crippen LogP contribution >= 0.6 is 22.6 Å². The van der Waals surface area contributed by atoms with Crippen molar-refractivity contribution < 1.29 is 9.90 Å². The fourth-order valence-electron chi connectivity index (χ4n) is 2.61. The quantitative estimate of drug-likeness (QED) is 0.350. The first-order valence-electron chi connectivity index (χ1n) is 8.04. The molecule has 2 N–H and O–H groups in total. The Morgan fingerprint density at radius 1 is 0.885 bits per heavy atom. The predicted molar refractivity (Wildman–Crippen MR) is 111 cm³/mol. The van der Waals surface area contributed by atoms with E-state index < -0.39 is 11.5 Å². The van der Waals surface area contributed by atoms with Gasteiger partial charge in [-0.05, 0) is 39.8 Å². The van der Waals surface area contributed by atoms with Gasteiger partial charge >= 0.3 is 0 Å². The molecule has 3 aromatic rings. The van der Waals surface area contributed by atoms with Gasteiger partial charge < -0.3 is 5.11 Å². The molecule has 1 amide bonds. The van der Waals surface area contributed by atoms with Crippen molar-refractivity contribution in [2.24, 2.45) is 5.10 Å². The van der Waals surface area contributed by atoms with Crippen molar-refractivity contribution in [2.75, 3.05) is 0 Å². The third kappa shape index (κ3) is 3.84. The molecule has 0 aliphatic heterocycles. The van der Waals surface area contributed by atoms with E-state index >= 15 is 0 Å².